The highest BCUT2D eigenvalue weighted by Crippen LogP contribution is 2.36. The van der Waals surface area contributed by atoms with Crippen LogP contribution in [0.2, 0.25) is 10.0 Å². The number of benzene rings is 3. The number of hydrogen-bond donors (Lipinski definition) is 1. The first-order chi connectivity index (χ1) is 14.9. The molecule has 31 heavy (non-hydrogen) atoms. The number of nitriles is 1. The van der Waals surface area contributed by atoms with E-state index in [0.717, 1.165) is 5.56 Å². The predicted molar refractivity (Wildman–Crippen MR) is 131 cm³/mol. The molecule has 0 aromatic heterocycles. The normalized spacial score (nSPS) is 11.0. The Morgan fingerprint density at radius 1 is 1.03 bits per heavy atom. The number of rotatable bonds is 6. The number of carbonyl (C=O) groups excluding carboxylic acids is 1. The molecule has 0 radical (unpaired) electrons. The summed E-state index contributed by atoms with van der Waals surface area (Å²) < 4.78 is 7.25. The van der Waals surface area contributed by atoms with Gasteiger partial charge in [-0.15, -0.1) is 0 Å². The molecule has 3 aromatic rings. The van der Waals surface area contributed by atoms with Crippen LogP contribution >= 0.6 is 55.1 Å². The van der Waals surface area contributed by atoms with Crippen LogP contribution in [0.25, 0.3) is 6.08 Å². The van der Waals surface area contributed by atoms with Crippen LogP contribution in [0, 0.1) is 11.3 Å². The van der Waals surface area contributed by atoms with E-state index in [1.807, 2.05) is 18.2 Å². The molecule has 3 rings (SSSR count). The van der Waals surface area contributed by atoms with Gasteiger partial charge in [-0.05, 0) is 91.5 Å². The van der Waals surface area contributed by atoms with Crippen LogP contribution in [0.3, 0.4) is 0 Å². The van der Waals surface area contributed by atoms with Gasteiger partial charge >= 0.3 is 0 Å². The van der Waals surface area contributed by atoms with Gasteiger partial charge in [0, 0.05) is 15.7 Å². The van der Waals surface area contributed by atoms with Gasteiger partial charge in [0.25, 0.3) is 5.91 Å². The van der Waals surface area contributed by atoms with Crippen LogP contribution in [0.5, 0.6) is 5.75 Å². The monoisotopic (exact) mass is 578 g/mol. The smallest absolute Gasteiger partial charge is 0.266 e. The minimum absolute atomic E-state index is 0.0476. The summed E-state index contributed by atoms with van der Waals surface area (Å²) in [5.41, 5.74) is 2.08. The first kappa shape index (κ1) is 23.4. The lowest BCUT2D eigenvalue weighted by Gasteiger charge is -2.12. The number of hydrogen-bond acceptors (Lipinski definition) is 3. The van der Waals surface area contributed by atoms with Gasteiger partial charge in [0.2, 0.25) is 0 Å². The maximum atomic E-state index is 12.5. The summed E-state index contributed by atoms with van der Waals surface area (Å²) in [6.45, 7) is 0.356. The van der Waals surface area contributed by atoms with Crippen molar-refractivity contribution in [3.8, 4) is 11.8 Å². The van der Waals surface area contributed by atoms with Crippen LogP contribution in [0.1, 0.15) is 11.1 Å². The summed E-state index contributed by atoms with van der Waals surface area (Å²) in [7, 11) is 0. The quantitative estimate of drug-likeness (QED) is 0.241. The topological polar surface area (TPSA) is 62.1 Å². The van der Waals surface area contributed by atoms with Crippen molar-refractivity contribution in [1.29, 1.82) is 5.26 Å². The molecule has 3 aromatic carbocycles. The molecule has 0 saturated carbocycles. The summed E-state index contributed by atoms with van der Waals surface area (Å²) in [5, 5.41) is 13.3. The number of ether oxygens (including phenoxy) is 1. The van der Waals surface area contributed by atoms with E-state index in [9.17, 15) is 10.1 Å². The first-order valence-corrected chi connectivity index (χ1v) is 11.2. The van der Waals surface area contributed by atoms with Gasteiger partial charge in [-0.3, -0.25) is 4.79 Å². The van der Waals surface area contributed by atoms with Gasteiger partial charge in [0.15, 0.2) is 0 Å². The van der Waals surface area contributed by atoms with Crippen LogP contribution in [0.15, 0.2) is 75.2 Å². The van der Waals surface area contributed by atoms with Crippen molar-refractivity contribution in [2.24, 2.45) is 0 Å². The summed E-state index contributed by atoms with van der Waals surface area (Å²) in [4.78, 5) is 12.5. The molecule has 0 unspecified atom stereocenters. The van der Waals surface area contributed by atoms with Gasteiger partial charge in [0.05, 0.1) is 8.95 Å². The second-order valence-corrected chi connectivity index (χ2v) is 8.94. The standard InChI is InChI=1S/C23H14Br2Cl2N2O2/c24-20-9-15(8-16(12-28)23(30)29-19-3-1-2-18(27)11-19)10-21(25)22(20)31-13-14-4-6-17(26)7-5-14/h1-11H,13H2,(H,29,30)/b16-8+. The molecule has 0 aliphatic heterocycles. The molecular weight excluding hydrogens is 567 g/mol. The Morgan fingerprint density at radius 2 is 1.71 bits per heavy atom. The molecule has 0 fully saturated rings. The van der Waals surface area contributed by atoms with Crippen molar-refractivity contribution in [3.63, 3.8) is 0 Å². The van der Waals surface area contributed by atoms with Gasteiger partial charge in [-0.2, -0.15) is 5.26 Å². The summed E-state index contributed by atoms with van der Waals surface area (Å²) in [5.74, 6) is 0.0778. The maximum Gasteiger partial charge on any atom is 0.266 e. The summed E-state index contributed by atoms with van der Waals surface area (Å²) in [6, 6.07) is 19.6. The molecule has 0 spiro atoms. The fourth-order valence-corrected chi connectivity index (χ4v) is 4.38. The minimum Gasteiger partial charge on any atom is -0.487 e. The largest absolute Gasteiger partial charge is 0.487 e. The highest BCUT2D eigenvalue weighted by Gasteiger charge is 2.13. The number of carbonyl (C=O) groups is 1. The molecule has 156 valence electrons. The van der Waals surface area contributed by atoms with E-state index in [-0.39, 0.29) is 5.57 Å². The van der Waals surface area contributed by atoms with Gasteiger partial charge in [0.1, 0.15) is 24.0 Å². The van der Waals surface area contributed by atoms with E-state index in [0.29, 0.717) is 42.6 Å². The fraction of sp³-hybridized carbons (Fsp3) is 0.0435. The second-order valence-electron chi connectivity index (χ2n) is 6.36. The van der Waals surface area contributed by atoms with Crippen molar-refractivity contribution in [3.05, 3.63) is 96.4 Å². The molecule has 0 aliphatic carbocycles. The first-order valence-electron chi connectivity index (χ1n) is 8.90. The Kier molecular flexibility index (Phi) is 8.16. The average molecular weight is 581 g/mol. The highest BCUT2D eigenvalue weighted by molar-refractivity contribution is 9.11. The van der Waals surface area contributed by atoms with Crippen molar-refractivity contribution >= 4 is 72.7 Å². The summed E-state index contributed by atoms with van der Waals surface area (Å²) >= 11 is 18.8. The van der Waals surface area contributed by atoms with Crippen LogP contribution in [0.4, 0.5) is 5.69 Å². The Hall–Kier alpha value is -2.30. The number of nitrogens with one attached hydrogen (secondary N) is 1. The van der Waals surface area contributed by atoms with E-state index in [1.54, 1.807) is 48.5 Å². The van der Waals surface area contributed by atoms with Gasteiger partial charge < -0.3 is 10.1 Å². The molecular formula is C23H14Br2Cl2N2O2. The molecule has 0 atom stereocenters. The van der Waals surface area contributed by atoms with E-state index < -0.39 is 5.91 Å². The molecule has 4 nitrogen and oxygen atoms in total. The van der Waals surface area contributed by atoms with Crippen LogP contribution in [-0.4, -0.2) is 5.91 Å². The third-order valence-electron chi connectivity index (χ3n) is 4.08. The lowest BCUT2D eigenvalue weighted by atomic mass is 10.1. The number of anilines is 1. The van der Waals surface area contributed by atoms with Gasteiger partial charge in [-0.1, -0.05) is 41.4 Å². The van der Waals surface area contributed by atoms with Crippen molar-refractivity contribution in [2.75, 3.05) is 5.32 Å². The van der Waals surface area contributed by atoms with Crippen molar-refractivity contribution in [2.45, 2.75) is 6.61 Å². The Bertz CT molecular complexity index is 1170. The third-order valence-corrected chi connectivity index (χ3v) is 5.74. The van der Waals surface area contributed by atoms with E-state index in [4.69, 9.17) is 27.9 Å². The van der Waals surface area contributed by atoms with E-state index in [2.05, 4.69) is 37.2 Å². The lowest BCUT2D eigenvalue weighted by molar-refractivity contribution is -0.112. The van der Waals surface area contributed by atoms with Crippen molar-refractivity contribution in [1.82, 2.24) is 0 Å². The SMILES string of the molecule is N#C/C(=C\c1cc(Br)c(OCc2ccc(Cl)cc2)c(Br)c1)C(=O)Nc1cccc(Cl)c1. The summed E-state index contributed by atoms with van der Waals surface area (Å²) in [6.07, 6.45) is 1.50. The van der Waals surface area contributed by atoms with Crippen LogP contribution < -0.4 is 10.1 Å². The third kappa shape index (κ3) is 6.59. The fourth-order valence-electron chi connectivity index (χ4n) is 2.62. The second kappa shape index (κ2) is 10.8. The maximum absolute atomic E-state index is 12.5. The number of nitrogens with zero attached hydrogens (tertiary/aromatic N) is 1. The molecule has 1 N–H and O–H groups in total. The Labute approximate surface area is 206 Å². The highest BCUT2D eigenvalue weighted by atomic mass is 79.9. The van der Waals surface area contributed by atoms with E-state index in [1.165, 1.54) is 6.08 Å². The molecule has 0 saturated heterocycles. The molecule has 0 heterocycles. The minimum atomic E-state index is -0.528. The molecule has 8 heteroatoms. The lowest BCUT2D eigenvalue weighted by Crippen LogP contribution is -2.13. The van der Waals surface area contributed by atoms with Crippen LogP contribution in [-0.2, 0) is 11.4 Å². The molecule has 0 aliphatic rings. The number of amides is 1. The zero-order chi connectivity index (χ0) is 22.4. The molecule has 1 amide bonds. The Balaban J connectivity index is 1.76. The van der Waals surface area contributed by atoms with Crippen molar-refractivity contribution < 1.29 is 9.53 Å². The van der Waals surface area contributed by atoms with E-state index >= 15 is 0 Å². The number of halogens is 4. The molecule has 0 bridgehead atoms. The Morgan fingerprint density at radius 3 is 2.32 bits per heavy atom. The zero-order valence-corrected chi connectivity index (χ0v) is 20.5. The average Bonchev–Trinajstić information content (AvgIpc) is 2.72. The zero-order valence-electron chi connectivity index (χ0n) is 15.8. The predicted octanol–water partition coefficient (Wildman–Crippen LogP) is 7.64. The van der Waals surface area contributed by atoms with Gasteiger partial charge in [-0.25, -0.2) is 0 Å².